The van der Waals surface area contributed by atoms with Gasteiger partial charge in [-0.1, -0.05) is 52.4 Å². The second-order valence-corrected chi connectivity index (χ2v) is 6.20. The number of ether oxygens (including phenoxy) is 2. The Morgan fingerprint density at radius 2 is 1.08 bits per heavy atom. The molecule has 0 fully saturated rings. The molecule has 0 atom stereocenters. The molecule has 24 heavy (non-hydrogen) atoms. The van der Waals surface area contributed by atoms with Crippen molar-refractivity contribution < 1.29 is 19.7 Å². The van der Waals surface area contributed by atoms with Gasteiger partial charge in [0, 0.05) is 11.1 Å². The van der Waals surface area contributed by atoms with E-state index < -0.39 is 0 Å². The number of aliphatic hydroxyl groups excluding tert-OH is 2. The molecule has 1 aromatic carbocycles. The van der Waals surface area contributed by atoms with Gasteiger partial charge in [0.1, 0.15) is 11.5 Å². The fourth-order valence-electron chi connectivity index (χ4n) is 2.58. The first kappa shape index (κ1) is 20.8. The zero-order valence-electron chi connectivity index (χ0n) is 15.4. The normalized spacial score (nSPS) is 10.8. The van der Waals surface area contributed by atoms with E-state index in [1.54, 1.807) is 12.1 Å². The highest BCUT2D eigenvalue weighted by Gasteiger charge is 2.11. The van der Waals surface area contributed by atoms with Gasteiger partial charge in [-0.3, -0.25) is 0 Å². The SMILES string of the molecule is CCCCCCOc1cc(CO)c(OCCCCCC)cc1CO. The van der Waals surface area contributed by atoms with Crippen LogP contribution in [0.15, 0.2) is 12.1 Å². The molecule has 0 aliphatic heterocycles. The van der Waals surface area contributed by atoms with Crippen LogP contribution in [0.4, 0.5) is 0 Å². The maximum absolute atomic E-state index is 9.59. The van der Waals surface area contributed by atoms with Gasteiger partial charge < -0.3 is 19.7 Å². The van der Waals surface area contributed by atoms with E-state index in [1.165, 1.54) is 25.7 Å². The highest BCUT2D eigenvalue weighted by molar-refractivity contribution is 5.46. The van der Waals surface area contributed by atoms with Crippen molar-refractivity contribution in [3.63, 3.8) is 0 Å². The number of rotatable bonds is 14. The van der Waals surface area contributed by atoms with Gasteiger partial charge in [0.2, 0.25) is 0 Å². The molecule has 138 valence electrons. The molecule has 0 aliphatic rings. The second kappa shape index (κ2) is 13.1. The molecule has 0 saturated heterocycles. The molecule has 0 heterocycles. The maximum Gasteiger partial charge on any atom is 0.125 e. The molecule has 0 amide bonds. The Balaban J connectivity index is 2.63. The largest absolute Gasteiger partial charge is 0.493 e. The van der Waals surface area contributed by atoms with E-state index in [0.29, 0.717) is 35.8 Å². The van der Waals surface area contributed by atoms with Crippen molar-refractivity contribution in [1.82, 2.24) is 0 Å². The third-order valence-corrected chi connectivity index (χ3v) is 4.10. The van der Waals surface area contributed by atoms with E-state index in [1.807, 2.05) is 0 Å². The molecule has 2 N–H and O–H groups in total. The first-order valence-electron chi connectivity index (χ1n) is 9.39. The Kier molecular flexibility index (Phi) is 11.3. The van der Waals surface area contributed by atoms with Crippen molar-refractivity contribution in [2.75, 3.05) is 13.2 Å². The van der Waals surface area contributed by atoms with Crippen LogP contribution in [-0.4, -0.2) is 23.4 Å². The van der Waals surface area contributed by atoms with Crippen LogP contribution in [0.3, 0.4) is 0 Å². The fraction of sp³-hybridized carbons (Fsp3) is 0.700. The number of hydrogen-bond donors (Lipinski definition) is 2. The lowest BCUT2D eigenvalue weighted by Gasteiger charge is -2.16. The topological polar surface area (TPSA) is 58.9 Å². The van der Waals surface area contributed by atoms with Gasteiger partial charge in [0.15, 0.2) is 0 Å². The van der Waals surface area contributed by atoms with E-state index >= 15 is 0 Å². The minimum atomic E-state index is -0.0950. The molecule has 1 aromatic rings. The van der Waals surface area contributed by atoms with Crippen molar-refractivity contribution in [1.29, 1.82) is 0 Å². The first-order chi connectivity index (χ1) is 11.8. The lowest BCUT2D eigenvalue weighted by molar-refractivity contribution is 0.246. The molecule has 0 aliphatic carbocycles. The zero-order valence-corrected chi connectivity index (χ0v) is 15.4. The summed E-state index contributed by atoms with van der Waals surface area (Å²) >= 11 is 0. The summed E-state index contributed by atoms with van der Waals surface area (Å²) in [4.78, 5) is 0. The Bertz CT molecular complexity index is 404. The molecular formula is C20H34O4. The number of hydrogen-bond acceptors (Lipinski definition) is 4. The second-order valence-electron chi connectivity index (χ2n) is 6.20. The molecule has 0 aromatic heterocycles. The third kappa shape index (κ3) is 7.54. The maximum atomic E-state index is 9.59. The van der Waals surface area contributed by atoms with Crippen molar-refractivity contribution in [3.05, 3.63) is 23.3 Å². The van der Waals surface area contributed by atoms with E-state index in [-0.39, 0.29) is 13.2 Å². The van der Waals surface area contributed by atoms with Crippen LogP contribution >= 0.6 is 0 Å². The number of unbranched alkanes of at least 4 members (excludes halogenated alkanes) is 6. The van der Waals surface area contributed by atoms with Crippen molar-refractivity contribution >= 4 is 0 Å². The van der Waals surface area contributed by atoms with Crippen LogP contribution in [0.5, 0.6) is 11.5 Å². The van der Waals surface area contributed by atoms with Crippen LogP contribution in [0.1, 0.15) is 76.3 Å². The van der Waals surface area contributed by atoms with Gasteiger partial charge in [-0.2, -0.15) is 0 Å². The van der Waals surface area contributed by atoms with Crippen LogP contribution < -0.4 is 9.47 Å². The van der Waals surface area contributed by atoms with Crippen LogP contribution in [0, 0.1) is 0 Å². The molecule has 0 spiro atoms. The van der Waals surface area contributed by atoms with Crippen LogP contribution in [-0.2, 0) is 13.2 Å². The first-order valence-corrected chi connectivity index (χ1v) is 9.39. The Morgan fingerprint density at radius 1 is 0.667 bits per heavy atom. The fourth-order valence-corrected chi connectivity index (χ4v) is 2.58. The monoisotopic (exact) mass is 338 g/mol. The summed E-state index contributed by atoms with van der Waals surface area (Å²) in [5, 5.41) is 19.2. The summed E-state index contributed by atoms with van der Waals surface area (Å²) in [6, 6.07) is 3.60. The number of aliphatic hydroxyl groups is 2. The summed E-state index contributed by atoms with van der Waals surface area (Å²) < 4.78 is 11.6. The molecule has 4 heteroatoms. The highest BCUT2D eigenvalue weighted by atomic mass is 16.5. The Labute approximate surface area is 146 Å². The predicted molar refractivity (Wildman–Crippen MR) is 97.6 cm³/mol. The van der Waals surface area contributed by atoms with E-state index in [9.17, 15) is 10.2 Å². The molecule has 0 radical (unpaired) electrons. The van der Waals surface area contributed by atoms with Gasteiger partial charge in [0.05, 0.1) is 26.4 Å². The summed E-state index contributed by atoms with van der Waals surface area (Å²) in [5.74, 6) is 1.30. The van der Waals surface area contributed by atoms with Gasteiger partial charge in [-0.05, 0) is 25.0 Å². The van der Waals surface area contributed by atoms with E-state index in [0.717, 1.165) is 25.7 Å². The summed E-state index contributed by atoms with van der Waals surface area (Å²) in [6.45, 7) is 5.44. The molecule has 1 rings (SSSR count). The van der Waals surface area contributed by atoms with Crippen molar-refractivity contribution in [3.8, 4) is 11.5 Å². The summed E-state index contributed by atoms with van der Waals surface area (Å²) in [6.07, 6.45) is 9.12. The molecule has 0 saturated carbocycles. The van der Waals surface area contributed by atoms with Gasteiger partial charge in [-0.25, -0.2) is 0 Å². The molecule has 0 bridgehead atoms. The average molecular weight is 338 g/mol. The van der Waals surface area contributed by atoms with E-state index in [4.69, 9.17) is 9.47 Å². The molecule has 0 unspecified atom stereocenters. The van der Waals surface area contributed by atoms with Gasteiger partial charge in [-0.15, -0.1) is 0 Å². The Morgan fingerprint density at radius 3 is 1.42 bits per heavy atom. The minimum Gasteiger partial charge on any atom is -0.493 e. The van der Waals surface area contributed by atoms with Gasteiger partial charge >= 0.3 is 0 Å². The predicted octanol–water partition coefficient (Wildman–Crippen LogP) is 4.59. The minimum absolute atomic E-state index is 0.0950. The van der Waals surface area contributed by atoms with Crippen molar-refractivity contribution in [2.45, 2.75) is 78.4 Å². The smallest absolute Gasteiger partial charge is 0.125 e. The third-order valence-electron chi connectivity index (χ3n) is 4.10. The number of benzene rings is 1. The quantitative estimate of drug-likeness (QED) is 0.487. The van der Waals surface area contributed by atoms with Crippen LogP contribution in [0.2, 0.25) is 0 Å². The summed E-state index contributed by atoms with van der Waals surface area (Å²) in [7, 11) is 0. The highest BCUT2D eigenvalue weighted by Crippen LogP contribution is 2.30. The Hall–Kier alpha value is -1.26. The van der Waals surface area contributed by atoms with Gasteiger partial charge in [0.25, 0.3) is 0 Å². The average Bonchev–Trinajstić information content (AvgIpc) is 2.61. The van der Waals surface area contributed by atoms with E-state index in [2.05, 4.69) is 13.8 Å². The lowest BCUT2D eigenvalue weighted by Crippen LogP contribution is -2.05. The molecule has 4 nitrogen and oxygen atoms in total. The standard InChI is InChI=1S/C20H34O4/c1-3-5-7-9-11-23-19-13-18(16-22)20(14-17(19)15-21)24-12-10-8-6-4-2/h13-14,21-22H,3-12,15-16H2,1-2H3. The van der Waals surface area contributed by atoms with Crippen LogP contribution in [0.25, 0.3) is 0 Å². The van der Waals surface area contributed by atoms with Crippen molar-refractivity contribution in [2.24, 2.45) is 0 Å². The molecular weight excluding hydrogens is 304 g/mol. The lowest BCUT2D eigenvalue weighted by atomic mass is 10.1. The zero-order chi connectivity index (χ0) is 17.6. The summed E-state index contributed by atoms with van der Waals surface area (Å²) in [5.41, 5.74) is 1.43.